The van der Waals surface area contributed by atoms with Gasteiger partial charge in [-0.05, 0) is 40.6 Å². The number of nitrogens with zero attached hydrogens (tertiary/aromatic N) is 3. The highest BCUT2D eigenvalue weighted by Crippen LogP contribution is 2.45. The number of alkyl halides is 2. The Labute approximate surface area is 261 Å². The molecule has 3 aromatic heterocycles. The van der Waals surface area contributed by atoms with Crippen molar-refractivity contribution in [1.29, 1.82) is 0 Å². The van der Waals surface area contributed by atoms with Gasteiger partial charge in [-0.2, -0.15) is 5.10 Å². The predicted molar refractivity (Wildman–Crippen MR) is 167 cm³/mol. The molecule has 5 aromatic rings. The van der Waals surface area contributed by atoms with Gasteiger partial charge in [-0.3, -0.25) is 14.7 Å². The lowest BCUT2D eigenvalue weighted by Gasteiger charge is -2.36. The molecule has 12 heteroatoms. The Morgan fingerprint density at radius 3 is 2.67 bits per heavy atom. The molecule has 2 amide bonds. The number of ether oxygens (including phenoxy) is 1. The predicted octanol–water partition coefficient (Wildman–Crippen LogP) is 6.68. The van der Waals surface area contributed by atoms with E-state index in [1.807, 2.05) is 73.0 Å². The average molecular weight is 632 g/mol. The van der Waals surface area contributed by atoms with Gasteiger partial charge >= 0.3 is 6.09 Å². The van der Waals surface area contributed by atoms with Crippen LogP contribution in [0.2, 0.25) is 0 Å². The zero-order valence-corrected chi connectivity index (χ0v) is 25.4. The molecule has 9 nitrogen and oxygen atoms in total. The molecule has 3 heterocycles. The maximum Gasteiger partial charge on any atom is 0.410 e. The zero-order chi connectivity index (χ0) is 31.7. The van der Waals surface area contributed by atoms with Gasteiger partial charge in [-0.1, -0.05) is 54.6 Å². The van der Waals surface area contributed by atoms with Crippen LogP contribution < -0.4 is 10.9 Å². The molecule has 1 aliphatic rings. The van der Waals surface area contributed by atoms with Gasteiger partial charge in [0.25, 0.3) is 17.4 Å². The van der Waals surface area contributed by atoms with E-state index < -0.39 is 48.4 Å². The summed E-state index contributed by atoms with van der Waals surface area (Å²) >= 11 is 1.48. The van der Waals surface area contributed by atoms with Gasteiger partial charge in [-0.15, -0.1) is 11.3 Å². The first kappa shape index (κ1) is 30.2. The molecule has 0 unspecified atom stereocenters. The van der Waals surface area contributed by atoms with Gasteiger partial charge in [0, 0.05) is 43.5 Å². The normalized spacial score (nSPS) is 14.9. The highest BCUT2D eigenvalue weighted by molar-refractivity contribution is 7.10. The number of H-pyrrole nitrogens is 1. The number of halogens is 2. The van der Waals surface area contributed by atoms with Gasteiger partial charge in [-0.25, -0.2) is 13.6 Å². The maximum atomic E-state index is 13.6. The topological polar surface area (TPSA) is 109 Å². The van der Waals surface area contributed by atoms with Gasteiger partial charge in [0.1, 0.15) is 6.61 Å². The van der Waals surface area contributed by atoms with Crippen LogP contribution in [-0.4, -0.2) is 44.6 Å². The first-order valence-electron chi connectivity index (χ1n) is 14.4. The van der Waals surface area contributed by atoms with Crippen LogP contribution in [0.4, 0.5) is 13.6 Å². The molecule has 0 spiro atoms. The van der Waals surface area contributed by atoms with Gasteiger partial charge in [0.05, 0.1) is 28.7 Å². The molecular weight excluding hydrogens is 600 g/mol. The fourth-order valence-electron chi connectivity index (χ4n) is 5.48. The van der Waals surface area contributed by atoms with E-state index in [9.17, 15) is 23.2 Å². The second kappa shape index (κ2) is 12.3. The molecule has 0 saturated heterocycles. The number of aromatic amines is 1. The van der Waals surface area contributed by atoms with E-state index in [1.165, 1.54) is 33.2 Å². The number of amides is 2. The van der Waals surface area contributed by atoms with Gasteiger partial charge < -0.3 is 19.5 Å². The van der Waals surface area contributed by atoms with Crippen LogP contribution in [0.3, 0.4) is 0 Å². The minimum Gasteiger partial charge on any atom is -0.445 e. The number of aromatic nitrogens is 3. The summed E-state index contributed by atoms with van der Waals surface area (Å²) in [6, 6.07) is 18.2. The monoisotopic (exact) mass is 631 g/mol. The quantitative estimate of drug-likeness (QED) is 0.189. The van der Waals surface area contributed by atoms with Crippen LogP contribution in [-0.2, 0) is 17.9 Å². The molecule has 1 fully saturated rings. The van der Waals surface area contributed by atoms with Crippen LogP contribution >= 0.6 is 11.3 Å². The van der Waals surface area contributed by atoms with Crippen molar-refractivity contribution in [1.82, 2.24) is 25.0 Å². The molecule has 2 N–H and O–H groups in total. The number of fused-ring (bicyclic) bond motifs is 1. The molecule has 45 heavy (non-hydrogen) atoms. The van der Waals surface area contributed by atoms with Crippen LogP contribution in [0, 0.1) is 0 Å². The first-order valence-corrected chi connectivity index (χ1v) is 15.3. The van der Waals surface area contributed by atoms with Crippen LogP contribution in [0.25, 0.3) is 22.0 Å². The van der Waals surface area contributed by atoms with E-state index in [1.54, 1.807) is 7.05 Å². The van der Waals surface area contributed by atoms with Crippen molar-refractivity contribution in [2.24, 2.45) is 0 Å². The molecule has 232 valence electrons. The first-order chi connectivity index (χ1) is 21.6. The van der Waals surface area contributed by atoms with Crippen LogP contribution in [0.5, 0.6) is 0 Å². The van der Waals surface area contributed by atoms with E-state index in [0.29, 0.717) is 6.54 Å². The van der Waals surface area contributed by atoms with Gasteiger partial charge in [0.15, 0.2) is 0 Å². The number of carbonyl (C=O) groups excluding carboxylic acids is 2. The maximum absolute atomic E-state index is 13.6. The summed E-state index contributed by atoms with van der Waals surface area (Å²) in [6.07, 6.45) is 1.34. The van der Waals surface area contributed by atoms with E-state index in [4.69, 9.17) is 4.74 Å². The Kier molecular flexibility index (Phi) is 8.24. The Balaban J connectivity index is 1.15. The Hall–Kier alpha value is -4.84. The molecule has 2 aromatic carbocycles. The molecule has 6 rings (SSSR count). The minimum absolute atomic E-state index is 0.161. The highest BCUT2D eigenvalue weighted by atomic mass is 32.1. The number of rotatable bonds is 9. The van der Waals surface area contributed by atoms with Crippen LogP contribution in [0.15, 0.2) is 83.2 Å². The van der Waals surface area contributed by atoms with E-state index in [2.05, 4.69) is 15.5 Å². The number of hydrogen-bond acceptors (Lipinski definition) is 6. The number of pyridine rings is 1. The second-order valence-electron chi connectivity index (χ2n) is 11.3. The summed E-state index contributed by atoms with van der Waals surface area (Å²) in [7, 11) is 1.69. The molecule has 0 aliphatic heterocycles. The summed E-state index contributed by atoms with van der Waals surface area (Å²) in [6.45, 7) is 2.37. The zero-order valence-electron chi connectivity index (χ0n) is 24.6. The summed E-state index contributed by atoms with van der Waals surface area (Å²) in [4.78, 5) is 41.5. The van der Waals surface area contributed by atoms with Crippen molar-refractivity contribution < 1.29 is 23.1 Å². The lowest BCUT2D eigenvalue weighted by molar-refractivity contribution is -0.104. The fraction of sp³-hybridized carbons (Fsp3) is 0.273. The lowest BCUT2D eigenvalue weighted by atomic mass is 9.87. The van der Waals surface area contributed by atoms with Crippen LogP contribution in [0.1, 0.15) is 58.2 Å². The summed E-state index contributed by atoms with van der Waals surface area (Å²) in [5.74, 6) is -3.27. The third-order valence-electron chi connectivity index (χ3n) is 8.00. The van der Waals surface area contributed by atoms with E-state index >= 15 is 0 Å². The number of thiophene rings is 1. The Bertz CT molecular complexity index is 1910. The number of carbonyl (C=O) groups is 2. The molecule has 0 radical (unpaired) electrons. The summed E-state index contributed by atoms with van der Waals surface area (Å²) < 4.78 is 33.9. The van der Waals surface area contributed by atoms with Crippen molar-refractivity contribution in [3.05, 3.63) is 110 Å². The van der Waals surface area contributed by atoms with Crippen molar-refractivity contribution >= 4 is 34.2 Å². The van der Waals surface area contributed by atoms with Crippen molar-refractivity contribution in [3.63, 3.8) is 0 Å². The number of benzene rings is 2. The van der Waals surface area contributed by atoms with Gasteiger partial charge in [0.2, 0.25) is 0 Å². The number of hydrogen-bond donors (Lipinski definition) is 2. The fourth-order valence-corrected chi connectivity index (χ4v) is 6.40. The molecule has 0 bridgehead atoms. The average Bonchev–Trinajstić information content (AvgIpc) is 3.71. The second-order valence-corrected chi connectivity index (χ2v) is 12.3. The summed E-state index contributed by atoms with van der Waals surface area (Å²) in [5, 5.41) is 11.8. The molecular formula is C33H31F2N5O4S. The number of nitrogens with one attached hydrogen (secondary N) is 2. The smallest absolute Gasteiger partial charge is 0.410 e. The molecule has 1 aliphatic carbocycles. The third kappa shape index (κ3) is 6.37. The highest BCUT2D eigenvalue weighted by Gasteiger charge is 2.46. The molecule has 1 atom stereocenters. The minimum atomic E-state index is -2.82. The van der Waals surface area contributed by atoms with E-state index in [-0.39, 0.29) is 23.1 Å². The SMILES string of the molecule is C[C@H](NC(=O)c1cn(C2CC(F)(F)C2)c(=O)c2cn[nH]c12)c1cc(-c2ccccc2CN(C)C(=O)OCc2ccccc2)cs1. The molecule has 1 saturated carbocycles. The lowest BCUT2D eigenvalue weighted by Crippen LogP contribution is -2.41. The summed E-state index contributed by atoms with van der Waals surface area (Å²) in [5.41, 5.74) is 3.69. The van der Waals surface area contributed by atoms with Crippen molar-refractivity contribution in [2.75, 3.05) is 7.05 Å². The van der Waals surface area contributed by atoms with Crippen molar-refractivity contribution in [3.8, 4) is 11.1 Å². The standard InChI is InChI=1S/C33H31F2N5O4S/c1-20(37-30(41)27-17-40(24-13-33(34,35)14-24)31(42)26-15-36-38-29(26)27)28-12-23(19-45-28)25-11-7-6-10-22(25)16-39(2)32(43)44-18-21-8-4-3-5-9-21/h3-12,15,17,19-20,24H,13-14,16,18H2,1-2H3,(H,36,38)(H,37,41)/t20-/m0/s1. The van der Waals surface area contributed by atoms with E-state index in [0.717, 1.165) is 27.1 Å². The Morgan fingerprint density at radius 1 is 1.18 bits per heavy atom. The largest absolute Gasteiger partial charge is 0.445 e. The third-order valence-corrected chi connectivity index (χ3v) is 9.11. The van der Waals surface area contributed by atoms with Crippen molar-refractivity contribution in [2.45, 2.75) is 50.9 Å². The Morgan fingerprint density at radius 2 is 1.91 bits per heavy atom.